The molecule has 1 amide bonds. The van der Waals surface area contributed by atoms with E-state index in [1.54, 1.807) is 0 Å². The smallest absolute Gasteiger partial charge is 0.744 e. The summed E-state index contributed by atoms with van der Waals surface area (Å²) in [6.07, 6.45) is 0.525. The summed E-state index contributed by atoms with van der Waals surface area (Å²) in [4.78, 5) is 12.2. The summed E-state index contributed by atoms with van der Waals surface area (Å²) in [5.74, 6) is -0.215. The number of benzene rings is 3. The van der Waals surface area contributed by atoms with E-state index in [4.69, 9.17) is 0 Å². The summed E-state index contributed by atoms with van der Waals surface area (Å²) < 4.78 is 33.0. The maximum Gasteiger partial charge on any atom is 1.00 e. The van der Waals surface area contributed by atoms with Crippen LogP contribution in [-0.4, -0.2) is 24.6 Å². The standard InChI is InChI=1S/C22H21NO4S2.Na/c24-22(23-20-10-12-21(13-11-20)29(25,26)27)19(15-28)14-16-6-8-18(9-7-16)17-4-2-1-3-5-17;/h1-13,19,28H,14-15H2,(H,23,24)(H,25,26,27);/q;+1/p-1. The first-order valence-corrected chi connectivity index (χ1v) is 11.0. The van der Waals surface area contributed by atoms with Crippen molar-refractivity contribution in [3.8, 4) is 11.1 Å². The SMILES string of the molecule is O=C(Nc1ccc(S(=O)(=O)[O-])cc1)C(CS)Cc1ccc(-c2ccccc2)cc1.[Na+]. The van der Waals surface area contributed by atoms with Gasteiger partial charge in [0, 0.05) is 11.4 Å². The predicted octanol–water partition coefficient (Wildman–Crippen LogP) is 0.989. The van der Waals surface area contributed by atoms with Gasteiger partial charge in [-0.15, -0.1) is 0 Å². The van der Waals surface area contributed by atoms with Crippen LogP contribution >= 0.6 is 12.6 Å². The number of rotatable bonds is 7. The van der Waals surface area contributed by atoms with Crippen LogP contribution in [0.25, 0.3) is 11.1 Å². The van der Waals surface area contributed by atoms with Crippen molar-refractivity contribution >= 4 is 34.3 Å². The summed E-state index contributed by atoms with van der Waals surface area (Å²) in [7, 11) is -4.51. The quantitative estimate of drug-likeness (QED) is 0.320. The van der Waals surface area contributed by atoms with Crippen molar-refractivity contribution in [3.63, 3.8) is 0 Å². The van der Waals surface area contributed by atoms with Crippen LogP contribution in [0.15, 0.2) is 83.8 Å². The predicted molar refractivity (Wildman–Crippen MR) is 116 cm³/mol. The van der Waals surface area contributed by atoms with E-state index < -0.39 is 10.1 Å². The number of carbonyl (C=O) groups excluding carboxylic acids is 1. The molecular weight excluding hydrogens is 429 g/mol. The van der Waals surface area contributed by atoms with E-state index >= 15 is 0 Å². The second kappa shape index (κ2) is 11.1. The fourth-order valence-corrected chi connectivity index (χ4v) is 3.70. The summed E-state index contributed by atoms with van der Waals surface area (Å²) >= 11 is 4.30. The molecule has 0 fully saturated rings. The molecule has 8 heteroatoms. The average molecular weight is 450 g/mol. The second-order valence-corrected chi connectivity index (χ2v) is 8.36. The number of anilines is 1. The molecule has 0 spiro atoms. The Hall–Kier alpha value is -1.61. The summed E-state index contributed by atoms with van der Waals surface area (Å²) in [6.45, 7) is 0. The van der Waals surface area contributed by atoms with Crippen molar-refractivity contribution in [1.29, 1.82) is 0 Å². The third kappa shape index (κ3) is 6.70. The minimum absolute atomic E-state index is 0. The Bertz CT molecular complexity index is 1070. The largest absolute Gasteiger partial charge is 1.00 e. The Morgan fingerprint density at radius 2 is 1.47 bits per heavy atom. The van der Waals surface area contributed by atoms with E-state index in [1.165, 1.54) is 24.3 Å². The van der Waals surface area contributed by atoms with E-state index in [-0.39, 0.29) is 46.3 Å². The molecule has 150 valence electrons. The van der Waals surface area contributed by atoms with Crippen molar-refractivity contribution in [2.24, 2.45) is 5.92 Å². The van der Waals surface area contributed by atoms with Crippen LogP contribution < -0.4 is 34.9 Å². The maximum atomic E-state index is 12.6. The monoisotopic (exact) mass is 449 g/mol. The van der Waals surface area contributed by atoms with Crippen LogP contribution in [0, 0.1) is 5.92 Å². The number of nitrogens with one attached hydrogen (secondary N) is 1. The van der Waals surface area contributed by atoms with Gasteiger partial charge in [-0.3, -0.25) is 4.79 Å². The third-order valence-electron chi connectivity index (χ3n) is 4.54. The minimum atomic E-state index is -4.51. The molecule has 0 heterocycles. The molecule has 5 nitrogen and oxygen atoms in total. The maximum absolute atomic E-state index is 12.6. The first-order chi connectivity index (χ1) is 13.9. The van der Waals surface area contributed by atoms with Crippen molar-refractivity contribution in [2.75, 3.05) is 11.1 Å². The summed E-state index contributed by atoms with van der Waals surface area (Å²) in [6, 6.07) is 23.2. The second-order valence-electron chi connectivity index (χ2n) is 6.61. The number of hydrogen-bond acceptors (Lipinski definition) is 5. The fourth-order valence-electron chi connectivity index (χ4n) is 2.94. The van der Waals surface area contributed by atoms with Gasteiger partial charge in [0.15, 0.2) is 0 Å². The van der Waals surface area contributed by atoms with Gasteiger partial charge in [0.2, 0.25) is 5.91 Å². The molecule has 0 radical (unpaired) electrons. The summed E-state index contributed by atoms with van der Waals surface area (Å²) in [5, 5.41) is 2.74. The van der Waals surface area contributed by atoms with Crippen molar-refractivity contribution in [3.05, 3.63) is 84.4 Å². The van der Waals surface area contributed by atoms with Crippen LogP contribution in [-0.2, 0) is 21.3 Å². The van der Waals surface area contributed by atoms with E-state index in [9.17, 15) is 17.8 Å². The molecule has 3 aromatic rings. The van der Waals surface area contributed by atoms with E-state index in [0.717, 1.165) is 16.7 Å². The third-order valence-corrected chi connectivity index (χ3v) is 5.84. The van der Waals surface area contributed by atoms with Crippen LogP contribution in [0.2, 0.25) is 0 Å². The average Bonchev–Trinajstić information content (AvgIpc) is 2.73. The van der Waals surface area contributed by atoms with Gasteiger partial charge in [-0.2, -0.15) is 12.6 Å². The number of hydrogen-bond donors (Lipinski definition) is 2. The van der Waals surface area contributed by atoms with Gasteiger partial charge >= 0.3 is 29.6 Å². The zero-order valence-corrected chi connectivity index (χ0v) is 20.2. The molecule has 3 aromatic carbocycles. The molecule has 30 heavy (non-hydrogen) atoms. The van der Waals surface area contributed by atoms with Crippen molar-refractivity contribution < 1.29 is 47.3 Å². The van der Waals surface area contributed by atoms with E-state index in [1.807, 2.05) is 54.6 Å². The van der Waals surface area contributed by atoms with Gasteiger partial charge in [-0.05, 0) is 47.4 Å². The molecular formula is C22H20NNaO4S2. The number of carbonyl (C=O) groups is 1. The van der Waals surface area contributed by atoms with Crippen LogP contribution in [0.1, 0.15) is 5.56 Å². The van der Waals surface area contributed by atoms with Crippen LogP contribution in [0.5, 0.6) is 0 Å². The van der Waals surface area contributed by atoms with Crippen molar-refractivity contribution in [1.82, 2.24) is 0 Å². The molecule has 1 N–H and O–H groups in total. The van der Waals surface area contributed by atoms with Crippen LogP contribution in [0.4, 0.5) is 5.69 Å². The molecule has 0 bridgehead atoms. The first kappa shape index (κ1) is 24.7. The molecule has 3 rings (SSSR count). The Balaban J connectivity index is 0.00000320. The topological polar surface area (TPSA) is 86.3 Å². The fraction of sp³-hybridized carbons (Fsp3) is 0.136. The van der Waals surface area contributed by atoms with Gasteiger partial charge in [-0.1, -0.05) is 54.6 Å². The molecule has 0 saturated carbocycles. The number of thiol groups is 1. The van der Waals surface area contributed by atoms with E-state index in [2.05, 4.69) is 17.9 Å². The van der Waals surface area contributed by atoms with Gasteiger partial charge < -0.3 is 9.87 Å². The first-order valence-electron chi connectivity index (χ1n) is 8.99. The van der Waals surface area contributed by atoms with Crippen LogP contribution in [0.3, 0.4) is 0 Å². The van der Waals surface area contributed by atoms with Gasteiger partial charge in [0.05, 0.1) is 10.8 Å². The Morgan fingerprint density at radius 3 is 2.00 bits per heavy atom. The van der Waals surface area contributed by atoms with Gasteiger partial charge in [0.25, 0.3) is 0 Å². The minimum Gasteiger partial charge on any atom is -0.744 e. The Morgan fingerprint density at radius 1 is 0.900 bits per heavy atom. The van der Waals surface area contributed by atoms with Gasteiger partial charge in [-0.25, -0.2) is 8.42 Å². The molecule has 0 aliphatic heterocycles. The zero-order chi connectivity index (χ0) is 20.9. The molecule has 0 aromatic heterocycles. The summed E-state index contributed by atoms with van der Waals surface area (Å²) in [5.41, 5.74) is 3.68. The Labute approximate surface area is 204 Å². The van der Waals surface area contributed by atoms with Crippen molar-refractivity contribution in [2.45, 2.75) is 11.3 Å². The molecule has 1 unspecified atom stereocenters. The molecule has 1 atom stereocenters. The Kier molecular flexibility index (Phi) is 9.15. The zero-order valence-electron chi connectivity index (χ0n) is 16.5. The molecule has 0 saturated heterocycles. The molecule has 0 aliphatic carbocycles. The van der Waals surface area contributed by atoms with E-state index in [0.29, 0.717) is 17.9 Å². The normalized spacial score (nSPS) is 11.9. The number of amides is 1. The van der Waals surface area contributed by atoms with Gasteiger partial charge in [0.1, 0.15) is 10.1 Å². The molecule has 0 aliphatic rings.